The van der Waals surface area contributed by atoms with Crippen LogP contribution in [0.15, 0.2) is 0 Å². The summed E-state index contributed by atoms with van der Waals surface area (Å²) >= 11 is 0. The van der Waals surface area contributed by atoms with Gasteiger partial charge in [0.25, 0.3) is 0 Å². The summed E-state index contributed by atoms with van der Waals surface area (Å²) in [7, 11) is 0. The van der Waals surface area contributed by atoms with Gasteiger partial charge in [-0.1, -0.05) is 20.8 Å². The van der Waals surface area contributed by atoms with E-state index in [0.29, 0.717) is 0 Å². The summed E-state index contributed by atoms with van der Waals surface area (Å²) in [6.07, 6.45) is -2.31. The minimum absolute atomic E-state index is 0.0308. The highest BCUT2D eigenvalue weighted by Crippen LogP contribution is 2.41. The van der Waals surface area contributed by atoms with E-state index in [1.54, 1.807) is 6.92 Å². The number of hydrogen-bond acceptors (Lipinski definition) is 7. The predicted molar refractivity (Wildman–Crippen MR) is 85.0 cm³/mol. The van der Waals surface area contributed by atoms with Crippen molar-refractivity contribution in [2.24, 2.45) is 11.3 Å². The maximum atomic E-state index is 11.6. The Morgan fingerprint density at radius 1 is 0.917 bits per heavy atom. The van der Waals surface area contributed by atoms with Gasteiger partial charge in [-0.3, -0.25) is 14.4 Å². The molecule has 1 saturated heterocycles. The van der Waals surface area contributed by atoms with Crippen LogP contribution < -0.4 is 0 Å². The number of esters is 3. The molecule has 0 aromatic carbocycles. The minimum Gasteiger partial charge on any atom is -0.463 e. The fourth-order valence-corrected chi connectivity index (χ4v) is 3.16. The van der Waals surface area contributed by atoms with E-state index in [1.807, 2.05) is 20.8 Å². The molecule has 0 bridgehead atoms. The van der Waals surface area contributed by atoms with Gasteiger partial charge in [0.15, 0.2) is 0 Å². The Morgan fingerprint density at radius 2 is 1.42 bits per heavy atom. The molecule has 0 radical (unpaired) electrons. The van der Waals surface area contributed by atoms with E-state index in [0.717, 1.165) is 0 Å². The van der Waals surface area contributed by atoms with Gasteiger partial charge in [-0.05, 0) is 12.3 Å². The second kappa shape index (κ2) is 7.96. The molecule has 0 aromatic rings. The zero-order chi connectivity index (χ0) is 18.7. The third-order valence-corrected chi connectivity index (χ3v) is 3.98. The minimum atomic E-state index is -0.692. The molecule has 0 saturated carbocycles. The highest BCUT2D eigenvalue weighted by molar-refractivity contribution is 5.67. The molecule has 138 valence electrons. The summed E-state index contributed by atoms with van der Waals surface area (Å²) in [5, 5.41) is 0. The fourth-order valence-electron chi connectivity index (χ4n) is 3.16. The maximum absolute atomic E-state index is 11.6. The summed E-state index contributed by atoms with van der Waals surface area (Å²) in [5.74, 6) is -1.65. The number of carbonyl (C=O) groups excluding carboxylic acids is 3. The van der Waals surface area contributed by atoms with Gasteiger partial charge in [0.2, 0.25) is 0 Å². The molecule has 1 aliphatic heterocycles. The quantitative estimate of drug-likeness (QED) is 0.568. The fraction of sp³-hybridized carbons (Fsp3) is 0.824. The molecule has 1 rings (SSSR count). The first-order valence-corrected chi connectivity index (χ1v) is 8.06. The first-order valence-electron chi connectivity index (χ1n) is 8.06. The van der Waals surface area contributed by atoms with Crippen LogP contribution in [-0.4, -0.2) is 48.9 Å². The number of rotatable bonds is 4. The van der Waals surface area contributed by atoms with Crippen molar-refractivity contribution in [2.45, 2.75) is 72.9 Å². The monoisotopic (exact) mass is 344 g/mol. The molecule has 1 aliphatic rings. The Bertz CT molecular complexity index is 480. The van der Waals surface area contributed by atoms with Crippen LogP contribution in [0.1, 0.15) is 48.5 Å². The van der Waals surface area contributed by atoms with Crippen molar-refractivity contribution in [3.8, 4) is 0 Å². The Morgan fingerprint density at radius 3 is 1.83 bits per heavy atom. The Kier molecular flexibility index (Phi) is 6.77. The van der Waals surface area contributed by atoms with Crippen molar-refractivity contribution < 1.29 is 33.3 Å². The molecular weight excluding hydrogens is 316 g/mol. The molecule has 1 fully saturated rings. The first-order chi connectivity index (χ1) is 10.9. The largest absolute Gasteiger partial charge is 0.463 e. The second-order valence-electron chi connectivity index (χ2n) is 7.22. The first kappa shape index (κ1) is 20.4. The van der Waals surface area contributed by atoms with Crippen LogP contribution in [-0.2, 0) is 33.3 Å². The summed E-state index contributed by atoms with van der Waals surface area (Å²) in [4.78, 5) is 34.2. The van der Waals surface area contributed by atoms with Gasteiger partial charge < -0.3 is 18.9 Å². The van der Waals surface area contributed by atoms with E-state index >= 15 is 0 Å². The molecule has 7 heteroatoms. The molecule has 7 nitrogen and oxygen atoms in total. The normalized spacial score (nSPS) is 30.4. The van der Waals surface area contributed by atoms with Crippen LogP contribution in [0.4, 0.5) is 0 Å². The third-order valence-electron chi connectivity index (χ3n) is 3.98. The lowest BCUT2D eigenvalue weighted by Crippen LogP contribution is -2.60. The van der Waals surface area contributed by atoms with Gasteiger partial charge in [0, 0.05) is 26.7 Å². The van der Waals surface area contributed by atoms with Crippen LogP contribution in [0.3, 0.4) is 0 Å². The molecule has 5 atom stereocenters. The van der Waals surface area contributed by atoms with E-state index in [2.05, 4.69) is 0 Å². The molecule has 0 N–H and O–H groups in total. The summed E-state index contributed by atoms with van der Waals surface area (Å²) in [6, 6.07) is 0. The van der Waals surface area contributed by atoms with Crippen LogP contribution >= 0.6 is 0 Å². The second-order valence-corrected chi connectivity index (χ2v) is 7.22. The van der Waals surface area contributed by atoms with Crippen LogP contribution in [0.5, 0.6) is 0 Å². The Labute approximate surface area is 143 Å². The number of ether oxygens (including phenoxy) is 4. The topological polar surface area (TPSA) is 88.1 Å². The lowest BCUT2D eigenvalue weighted by Gasteiger charge is -2.49. The molecule has 24 heavy (non-hydrogen) atoms. The van der Waals surface area contributed by atoms with E-state index in [4.69, 9.17) is 18.9 Å². The Balaban J connectivity index is 3.19. The molecule has 5 unspecified atom stereocenters. The van der Waals surface area contributed by atoms with Crippen molar-refractivity contribution in [3.05, 3.63) is 0 Å². The van der Waals surface area contributed by atoms with Gasteiger partial charge >= 0.3 is 17.9 Å². The average molecular weight is 344 g/mol. The smallest absolute Gasteiger partial charge is 0.303 e. The molecule has 0 aromatic heterocycles. The molecule has 1 heterocycles. The SMILES string of the molecule is CC(=O)OCC1OC(C)C(OC(C)=O)C(C(C)(C)C)C1OC(C)=O. The molecule has 0 amide bonds. The molecular formula is C17H28O7. The summed E-state index contributed by atoms with van der Waals surface area (Å²) in [6.45, 7) is 11.6. The highest BCUT2D eigenvalue weighted by atomic mass is 16.6. The van der Waals surface area contributed by atoms with Crippen molar-refractivity contribution >= 4 is 17.9 Å². The predicted octanol–water partition coefficient (Wildman–Crippen LogP) is 1.86. The van der Waals surface area contributed by atoms with Gasteiger partial charge in [-0.25, -0.2) is 0 Å². The van der Waals surface area contributed by atoms with Crippen LogP contribution in [0.2, 0.25) is 0 Å². The zero-order valence-electron chi connectivity index (χ0n) is 15.5. The number of carbonyl (C=O) groups is 3. The molecule has 0 aliphatic carbocycles. The zero-order valence-corrected chi connectivity index (χ0v) is 15.5. The highest BCUT2D eigenvalue weighted by Gasteiger charge is 2.52. The van der Waals surface area contributed by atoms with E-state index in [1.165, 1.54) is 20.8 Å². The summed E-state index contributed by atoms with van der Waals surface area (Å²) in [5.41, 5.74) is -0.341. The average Bonchev–Trinajstić information content (AvgIpc) is 2.37. The van der Waals surface area contributed by atoms with E-state index < -0.39 is 42.3 Å². The van der Waals surface area contributed by atoms with Crippen molar-refractivity contribution in [1.82, 2.24) is 0 Å². The maximum Gasteiger partial charge on any atom is 0.303 e. The summed E-state index contributed by atoms with van der Waals surface area (Å²) < 4.78 is 21.9. The standard InChI is InChI=1S/C17H28O7/c1-9-15(23-11(3)19)14(17(5,6)7)16(24-12(4)20)13(22-9)8-21-10(2)18/h9,13-16H,8H2,1-7H3. The lowest BCUT2D eigenvalue weighted by molar-refractivity contribution is -0.242. The van der Waals surface area contributed by atoms with Crippen molar-refractivity contribution in [2.75, 3.05) is 6.61 Å². The van der Waals surface area contributed by atoms with Gasteiger partial charge in [-0.2, -0.15) is 0 Å². The third kappa shape index (κ3) is 5.47. The molecule has 0 spiro atoms. The van der Waals surface area contributed by atoms with E-state index in [9.17, 15) is 14.4 Å². The lowest BCUT2D eigenvalue weighted by atomic mass is 9.70. The van der Waals surface area contributed by atoms with Crippen LogP contribution in [0, 0.1) is 11.3 Å². The Hall–Kier alpha value is -1.63. The van der Waals surface area contributed by atoms with Crippen LogP contribution in [0.25, 0.3) is 0 Å². The number of hydrogen-bond donors (Lipinski definition) is 0. The van der Waals surface area contributed by atoms with Crippen molar-refractivity contribution in [3.63, 3.8) is 0 Å². The van der Waals surface area contributed by atoms with Crippen molar-refractivity contribution in [1.29, 1.82) is 0 Å². The van der Waals surface area contributed by atoms with E-state index in [-0.39, 0.29) is 17.9 Å². The van der Waals surface area contributed by atoms with Gasteiger partial charge in [-0.15, -0.1) is 0 Å². The van der Waals surface area contributed by atoms with Gasteiger partial charge in [0.05, 0.1) is 6.10 Å². The van der Waals surface area contributed by atoms with Gasteiger partial charge in [0.1, 0.15) is 24.9 Å².